The number of carbonyl (C=O) groups is 1. The number of hydrogen-bond donors (Lipinski definition) is 1. The Morgan fingerprint density at radius 2 is 2.03 bits per heavy atom. The molecular formula is C24H27BrN2O3. The highest BCUT2D eigenvalue weighted by Crippen LogP contribution is 2.66. The van der Waals surface area contributed by atoms with Crippen LogP contribution in [0.15, 0.2) is 52.0 Å². The zero-order valence-electron chi connectivity index (χ0n) is 17.4. The van der Waals surface area contributed by atoms with E-state index >= 15 is 0 Å². The molecule has 0 bridgehead atoms. The van der Waals surface area contributed by atoms with Crippen LogP contribution in [-0.4, -0.2) is 19.2 Å². The van der Waals surface area contributed by atoms with E-state index in [4.69, 9.17) is 9.47 Å². The Labute approximate surface area is 186 Å². The smallest absolute Gasteiger partial charge is 0.244 e. The maximum absolute atomic E-state index is 12.5. The summed E-state index contributed by atoms with van der Waals surface area (Å²) in [6.07, 6.45) is 6.43. The molecule has 3 atom stereocenters. The Kier molecular flexibility index (Phi) is 6.14. The van der Waals surface area contributed by atoms with Crippen LogP contribution in [0.5, 0.6) is 11.5 Å². The molecule has 2 aliphatic carbocycles. The Bertz CT molecular complexity index is 944. The molecule has 2 aromatic carbocycles. The Balaban J connectivity index is 1.34. The van der Waals surface area contributed by atoms with E-state index in [1.807, 2.05) is 42.5 Å². The average Bonchev–Trinajstić information content (AvgIpc) is 3.39. The zero-order chi connectivity index (χ0) is 21.1. The summed E-state index contributed by atoms with van der Waals surface area (Å²) in [5.41, 5.74) is 4.83. The molecule has 0 aromatic heterocycles. The fraction of sp³-hybridized carbons (Fsp3) is 0.417. The molecule has 30 heavy (non-hydrogen) atoms. The van der Waals surface area contributed by atoms with E-state index in [0.29, 0.717) is 24.0 Å². The number of methoxy groups -OCH3 is 1. The van der Waals surface area contributed by atoms with Crippen molar-refractivity contribution >= 4 is 28.1 Å². The van der Waals surface area contributed by atoms with Gasteiger partial charge in [0.05, 0.1) is 13.3 Å². The summed E-state index contributed by atoms with van der Waals surface area (Å²) in [6, 6.07) is 13.6. The van der Waals surface area contributed by atoms with Crippen LogP contribution in [0.1, 0.15) is 43.7 Å². The van der Waals surface area contributed by atoms with E-state index in [9.17, 15) is 4.79 Å². The van der Waals surface area contributed by atoms with Crippen LogP contribution in [0.2, 0.25) is 0 Å². The summed E-state index contributed by atoms with van der Waals surface area (Å²) in [4.78, 5) is 12.5. The average molecular weight is 471 g/mol. The number of benzene rings is 2. The van der Waals surface area contributed by atoms with Gasteiger partial charge in [-0.05, 0) is 65.6 Å². The van der Waals surface area contributed by atoms with Gasteiger partial charge in [-0.1, -0.05) is 47.8 Å². The standard InChI is InChI=1S/C24H27BrN2O3/c1-24-12-4-3-5-19(24)22(24)23(28)27-26-14-17-8-11-20(21(13-17)29-2)30-15-16-6-9-18(25)10-7-16/h6-11,13-14,19,22H,3-5,12,15H2,1-2H3,(H,27,28)/b26-14+. The second kappa shape index (κ2) is 8.80. The van der Waals surface area contributed by atoms with E-state index in [1.165, 1.54) is 12.8 Å². The minimum absolute atomic E-state index is 0.0436. The summed E-state index contributed by atoms with van der Waals surface area (Å²) < 4.78 is 12.4. The number of fused-ring (bicyclic) bond motifs is 1. The van der Waals surface area contributed by atoms with Crippen LogP contribution in [0.4, 0.5) is 0 Å². The number of halogens is 1. The molecule has 0 spiro atoms. The van der Waals surface area contributed by atoms with Crippen molar-refractivity contribution in [3.8, 4) is 11.5 Å². The van der Waals surface area contributed by atoms with Crippen LogP contribution < -0.4 is 14.9 Å². The van der Waals surface area contributed by atoms with Gasteiger partial charge in [0.1, 0.15) is 6.61 Å². The predicted octanol–water partition coefficient (Wildman–Crippen LogP) is 5.31. The third-order valence-corrected chi connectivity index (χ3v) is 7.03. The molecule has 0 aliphatic heterocycles. The second-order valence-electron chi connectivity index (χ2n) is 8.40. The lowest BCUT2D eigenvalue weighted by molar-refractivity contribution is -0.123. The lowest BCUT2D eigenvalue weighted by Crippen LogP contribution is -2.22. The zero-order valence-corrected chi connectivity index (χ0v) is 18.9. The van der Waals surface area contributed by atoms with Crippen molar-refractivity contribution in [3.05, 3.63) is 58.1 Å². The van der Waals surface area contributed by atoms with E-state index in [0.717, 1.165) is 28.4 Å². The number of ether oxygens (including phenoxy) is 2. The number of amides is 1. The topological polar surface area (TPSA) is 59.9 Å². The van der Waals surface area contributed by atoms with E-state index < -0.39 is 0 Å². The molecular weight excluding hydrogens is 444 g/mol. The van der Waals surface area contributed by atoms with Gasteiger partial charge in [-0.3, -0.25) is 4.79 Å². The first kappa shape index (κ1) is 20.9. The van der Waals surface area contributed by atoms with E-state index in [1.54, 1.807) is 13.3 Å². The molecule has 1 N–H and O–H groups in total. The van der Waals surface area contributed by atoms with Crippen molar-refractivity contribution in [2.24, 2.45) is 22.4 Å². The molecule has 6 heteroatoms. The molecule has 2 saturated carbocycles. The van der Waals surface area contributed by atoms with Crippen molar-refractivity contribution in [3.63, 3.8) is 0 Å². The molecule has 0 saturated heterocycles. The Morgan fingerprint density at radius 3 is 2.73 bits per heavy atom. The molecule has 0 radical (unpaired) electrons. The van der Waals surface area contributed by atoms with Crippen LogP contribution in [-0.2, 0) is 11.4 Å². The number of hydrazone groups is 1. The molecule has 4 rings (SSSR count). The van der Waals surface area contributed by atoms with Gasteiger partial charge in [-0.15, -0.1) is 0 Å². The van der Waals surface area contributed by atoms with Gasteiger partial charge >= 0.3 is 0 Å². The number of rotatable bonds is 7. The number of nitrogens with one attached hydrogen (secondary N) is 1. The minimum atomic E-state index is 0.0436. The third kappa shape index (κ3) is 4.38. The molecule has 2 aromatic rings. The van der Waals surface area contributed by atoms with Crippen LogP contribution in [0.25, 0.3) is 0 Å². The van der Waals surface area contributed by atoms with Crippen LogP contribution in [0.3, 0.4) is 0 Å². The maximum atomic E-state index is 12.5. The SMILES string of the molecule is COc1cc(/C=N/NC(=O)C2C3CCCCC32C)ccc1OCc1ccc(Br)cc1. The van der Waals surface area contributed by atoms with E-state index in [-0.39, 0.29) is 17.2 Å². The first-order valence-corrected chi connectivity index (χ1v) is 11.2. The Morgan fingerprint density at radius 1 is 1.23 bits per heavy atom. The van der Waals surface area contributed by atoms with Gasteiger partial charge in [-0.25, -0.2) is 5.43 Å². The maximum Gasteiger partial charge on any atom is 0.244 e. The largest absolute Gasteiger partial charge is 0.493 e. The summed E-state index contributed by atoms with van der Waals surface area (Å²) in [6.45, 7) is 2.69. The van der Waals surface area contributed by atoms with Gasteiger partial charge in [0.2, 0.25) is 5.91 Å². The van der Waals surface area contributed by atoms with Crippen LogP contribution in [0, 0.1) is 17.3 Å². The quantitative estimate of drug-likeness (QED) is 0.440. The van der Waals surface area contributed by atoms with Gasteiger partial charge in [0.15, 0.2) is 11.5 Å². The van der Waals surface area contributed by atoms with Crippen LogP contribution >= 0.6 is 15.9 Å². The van der Waals surface area contributed by atoms with Crippen molar-refractivity contribution in [2.75, 3.05) is 7.11 Å². The molecule has 1 amide bonds. The summed E-state index contributed by atoms with van der Waals surface area (Å²) >= 11 is 3.43. The van der Waals surface area contributed by atoms with Crippen molar-refractivity contribution in [1.82, 2.24) is 5.43 Å². The van der Waals surface area contributed by atoms with Crippen molar-refractivity contribution in [2.45, 2.75) is 39.2 Å². The Hall–Kier alpha value is -2.34. The first-order chi connectivity index (χ1) is 14.5. The molecule has 3 unspecified atom stereocenters. The fourth-order valence-corrected chi connectivity index (χ4v) is 4.98. The fourth-order valence-electron chi connectivity index (χ4n) is 4.72. The molecule has 2 fully saturated rings. The highest BCUT2D eigenvalue weighted by molar-refractivity contribution is 9.10. The number of hydrogen-bond acceptors (Lipinski definition) is 4. The predicted molar refractivity (Wildman–Crippen MR) is 121 cm³/mol. The highest BCUT2D eigenvalue weighted by atomic mass is 79.9. The van der Waals surface area contributed by atoms with Gasteiger partial charge in [0.25, 0.3) is 0 Å². The lowest BCUT2D eigenvalue weighted by atomic mass is 9.90. The van der Waals surface area contributed by atoms with Gasteiger partial charge < -0.3 is 9.47 Å². The summed E-state index contributed by atoms with van der Waals surface area (Å²) in [7, 11) is 1.61. The van der Waals surface area contributed by atoms with E-state index in [2.05, 4.69) is 33.4 Å². The van der Waals surface area contributed by atoms with Crippen molar-refractivity contribution in [1.29, 1.82) is 0 Å². The lowest BCUT2D eigenvalue weighted by Gasteiger charge is -2.15. The summed E-state index contributed by atoms with van der Waals surface area (Å²) in [5, 5.41) is 4.17. The third-order valence-electron chi connectivity index (χ3n) is 6.50. The monoisotopic (exact) mass is 470 g/mol. The normalized spacial score (nSPS) is 24.9. The number of carbonyl (C=O) groups excluding carboxylic acids is 1. The van der Waals surface area contributed by atoms with Gasteiger partial charge in [0, 0.05) is 10.4 Å². The molecule has 2 aliphatic rings. The second-order valence-corrected chi connectivity index (χ2v) is 9.31. The molecule has 158 valence electrons. The minimum Gasteiger partial charge on any atom is -0.493 e. The molecule has 5 nitrogen and oxygen atoms in total. The van der Waals surface area contributed by atoms with Gasteiger partial charge in [-0.2, -0.15) is 5.10 Å². The van der Waals surface area contributed by atoms with Crippen molar-refractivity contribution < 1.29 is 14.3 Å². The highest BCUT2D eigenvalue weighted by Gasteiger charge is 2.64. The first-order valence-electron chi connectivity index (χ1n) is 10.4. The molecule has 0 heterocycles. The summed E-state index contributed by atoms with van der Waals surface area (Å²) in [5.74, 6) is 1.98. The number of nitrogens with zero attached hydrogens (tertiary/aromatic N) is 1.